The molecule has 0 bridgehead atoms. The Morgan fingerprint density at radius 2 is 1.89 bits per heavy atom. The van der Waals surface area contributed by atoms with E-state index in [4.69, 9.17) is 9.47 Å². The molecule has 2 aliphatic heterocycles. The van der Waals surface area contributed by atoms with Gasteiger partial charge in [0.25, 0.3) is 0 Å². The fraction of sp³-hybridized carbons (Fsp3) is 0.211. The molecule has 0 spiro atoms. The molecule has 1 unspecified atom stereocenters. The first kappa shape index (κ1) is 16.9. The molecule has 0 amide bonds. The zero-order chi connectivity index (χ0) is 19.3. The van der Waals surface area contributed by atoms with Crippen LogP contribution >= 0.6 is 0 Å². The third kappa shape index (κ3) is 2.75. The molecule has 8 nitrogen and oxygen atoms in total. The number of sulfonamides is 1. The topological polar surface area (TPSA) is 94.0 Å². The molecule has 1 atom stereocenters. The number of hydrogen-bond donors (Lipinski definition) is 0. The second kappa shape index (κ2) is 6.16. The van der Waals surface area contributed by atoms with Crippen LogP contribution < -0.4 is 9.47 Å². The summed E-state index contributed by atoms with van der Waals surface area (Å²) in [5.41, 5.74) is 3.62. The number of para-hydroxylation sites is 1. The molecule has 0 radical (unpaired) electrons. The largest absolute Gasteiger partial charge is 0.454 e. The van der Waals surface area contributed by atoms with Crippen molar-refractivity contribution in [1.29, 1.82) is 0 Å². The SMILES string of the molecule is CS(=O)(=O)N1N=C(c2ccc3c(c2)OCO3)CC1c1cccc2nccnc12. The van der Waals surface area contributed by atoms with Crippen molar-refractivity contribution in [3.63, 3.8) is 0 Å². The van der Waals surface area contributed by atoms with E-state index < -0.39 is 16.1 Å². The van der Waals surface area contributed by atoms with E-state index in [-0.39, 0.29) is 6.79 Å². The number of rotatable bonds is 3. The molecule has 0 saturated carbocycles. The fourth-order valence-corrected chi connectivity index (χ4v) is 4.46. The highest BCUT2D eigenvalue weighted by Gasteiger charge is 2.36. The lowest BCUT2D eigenvalue weighted by Gasteiger charge is -2.22. The Bertz CT molecular complexity index is 1220. The van der Waals surface area contributed by atoms with Gasteiger partial charge in [0.05, 0.1) is 29.0 Å². The molecule has 5 rings (SSSR count). The first-order chi connectivity index (χ1) is 13.5. The zero-order valence-electron chi connectivity index (χ0n) is 14.9. The van der Waals surface area contributed by atoms with E-state index in [9.17, 15) is 8.42 Å². The molecule has 2 aromatic carbocycles. The Morgan fingerprint density at radius 1 is 1.07 bits per heavy atom. The lowest BCUT2D eigenvalue weighted by Crippen LogP contribution is -2.26. The van der Waals surface area contributed by atoms with E-state index in [0.29, 0.717) is 34.7 Å². The quantitative estimate of drug-likeness (QED) is 0.675. The number of benzene rings is 2. The number of ether oxygens (including phenoxy) is 2. The Morgan fingerprint density at radius 3 is 2.75 bits per heavy atom. The minimum absolute atomic E-state index is 0.179. The van der Waals surface area contributed by atoms with Crippen molar-refractivity contribution in [2.24, 2.45) is 5.10 Å². The van der Waals surface area contributed by atoms with E-state index >= 15 is 0 Å². The molecule has 0 fully saturated rings. The van der Waals surface area contributed by atoms with Gasteiger partial charge in [-0.3, -0.25) is 9.97 Å². The number of fused-ring (bicyclic) bond motifs is 2. The van der Waals surface area contributed by atoms with Gasteiger partial charge < -0.3 is 9.47 Å². The minimum atomic E-state index is -3.58. The summed E-state index contributed by atoms with van der Waals surface area (Å²) in [6, 6.07) is 10.6. The van der Waals surface area contributed by atoms with Gasteiger partial charge in [-0.2, -0.15) is 9.52 Å². The molecule has 2 aliphatic rings. The van der Waals surface area contributed by atoms with Crippen molar-refractivity contribution >= 4 is 26.8 Å². The van der Waals surface area contributed by atoms with Crippen molar-refractivity contribution in [3.8, 4) is 11.5 Å². The number of aromatic nitrogens is 2. The molecule has 9 heteroatoms. The van der Waals surface area contributed by atoms with Crippen molar-refractivity contribution in [1.82, 2.24) is 14.4 Å². The summed E-state index contributed by atoms with van der Waals surface area (Å²) in [6.45, 7) is 0.179. The highest BCUT2D eigenvalue weighted by molar-refractivity contribution is 7.88. The van der Waals surface area contributed by atoms with Gasteiger partial charge in [0.1, 0.15) is 0 Å². The van der Waals surface area contributed by atoms with Crippen LogP contribution in [0.4, 0.5) is 0 Å². The van der Waals surface area contributed by atoms with Gasteiger partial charge in [-0.15, -0.1) is 0 Å². The summed E-state index contributed by atoms with van der Waals surface area (Å²) in [4.78, 5) is 8.73. The standard InChI is InChI=1S/C19H16N4O4S/c1-28(24,25)23-16(13-3-2-4-14-19(13)21-8-7-20-14)10-15(22-23)12-5-6-17-18(9-12)27-11-26-17/h2-9,16H,10-11H2,1H3. The summed E-state index contributed by atoms with van der Waals surface area (Å²) in [7, 11) is -3.58. The van der Waals surface area contributed by atoms with E-state index in [2.05, 4.69) is 15.1 Å². The van der Waals surface area contributed by atoms with Gasteiger partial charge in [0.15, 0.2) is 11.5 Å². The first-order valence-corrected chi connectivity index (χ1v) is 10.5. The number of hydrazone groups is 1. The lowest BCUT2D eigenvalue weighted by atomic mass is 9.98. The van der Waals surface area contributed by atoms with Gasteiger partial charge in [-0.1, -0.05) is 12.1 Å². The van der Waals surface area contributed by atoms with Gasteiger partial charge in [-0.25, -0.2) is 8.42 Å². The normalized spacial score (nSPS) is 18.5. The van der Waals surface area contributed by atoms with Gasteiger partial charge in [-0.05, 0) is 24.3 Å². The first-order valence-electron chi connectivity index (χ1n) is 8.67. The third-order valence-electron chi connectivity index (χ3n) is 4.81. The predicted octanol–water partition coefficient (Wildman–Crippen LogP) is 2.47. The fourth-order valence-electron chi connectivity index (χ4n) is 3.56. The van der Waals surface area contributed by atoms with E-state index in [1.807, 2.05) is 36.4 Å². The van der Waals surface area contributed by atoms with Crippen molar-refractivity contribution < 1.29 is 17.9 Å². The maximum absolute atomic E-state index is 12.5. The van der Waals surface area contributed by atoms with E-state index in [0.717, 1.165) is 21.8 Å². The summed E-state index contributed by atoms with van der Waals surface area (Å²) in [5.74, 6) is 1.30. The van der Waals surface area contributed by atoms with Crippen LogP contribution in [0.25, 0.3) is 11.0 Å². The van der Waals surface area contributed by atoms with Crippen LogP contribution in [-0.2, 0) is 10.0 Å². The highest BCUT2D eigenvalue weighted by atomic mass is 32.2. The van der Waals surface area contributed by atoms with Crippen LogP contribution in [-0.4, -0.2) is 41.6 Å². The van der Waals surface area contributed by atoms with Crippen molar-refractivity contribution in [2.45, 2.75) is 12.5 Å². The average molecular weight is 396 g/mol. The zero-order valence-corrected chi connectivity index (χ0v) is 15.8. The van der Waals surface area contributed by atoms with Crippen molar-refractivity contribution in [2.75, 3.05) is 13.0 Å². The molecular weight excluding hydrogens is 380 g/mol. The van der Waals surface area contributed by atoms with Crippen LogP contribution in [0.2, 0.25) is 0 Å². The second-order valence-electron chi connectivity index (χ2n) is 6.64. The molecule has 1 aromatic heterocycles. The second-order valence-corrected chi connectivity index (χ2v) is 8.48. The summed E-state index contributed by atoms with van der Waals surface area (Å²) in [5, 5.41) is 4.44. The number of nitrogens with zero attached hydrogens (tertiary/aromatic N) is 4. The van der Waals surface area contributed by atoms with Crippen LogP contribution in [0.1, 0.15) is 23.6 Å². The predicted molar refractivity (Wildman–Crippen MR) is 103 cm³/mol. The van der Waals surface area contributed by atoms with E-state index in [1.54, 1.807) is 12.4 Å². The minimum Gasteiger partial charge on any atom is -0.454 e. The Labute approximate surface area is 161 Å². The van der Waals surface area contributed by atoms with Crippen LogP contribution in [0, 0.1) is 0 Å². The van der Waals surface area contributed by atoms with Crippen molar-refractivity contribution in [3.05, 3.63) is 59.9 Å². The maximum atomic E-state index is 12.5. The monoisotopic (exact) mass is 396 g/mol. The van der Waals surface area contributed by atoms with E-state index in [1.165, 1.54) is 0 Å². The summed E-state index contributed by atoms with van der Waals surface area (Å²) in [6.07, 6.45) is 4.79. The van der Waals surface area contributed by atoms with Gasteiger partial charge in [0, 0.05) is 29.9 Å². The molecule has 0 N–H and O–H groups in total. The Hall–Kier alpha value is -3.20. The molecule has 3 aromatic rings. The maximum Gasteiger partial charge on any atom is 0.247 e. The molecule has 0 saturated heterocycles. The molecule has 0 aliphatic carbocycles. The van der Waals surface area contributed by atoms with Gasteiger partial charge in [0.2, 0.25) is 16.8 Å². The van der Waals surface area contributed by atoms with Crippen LogP contribution in [0.15, 0.2) is 53.9 Å². The molecule has 3 heterocycles. The Kier molecular flexibility index (Phi) is 3.73. The average Bonchev–Trinajstić information content (AvgIpc) is 3.33. The lowest BCUT2D eigenvalue weighted by molar-refractivity contribution is 0.174. The highest BCUT2D eigenvalue weighted by Crippen LogP contribution is 2.39. The molecular formula is C19H16N4O4S. The number of hydrogen-bond acceptors (Lipinski definition) is 7. The molecule has 28 heavy (non-hydrogen) atoms. The smallest absolute Gasteiger partial charge is 0.247 e. The molecule has 142 valence electrons. The third-order valence-corrected chi connectivity index (χ3v) is 5.82. The van der Waals surface area contributed by atoms with Crippen LogP contribution in [0.5, 0.6) is 11.5 Å². The van der Waals surface area contributed by atoms with Gasteiger partial charge >= 0.3 is 0 Å². The Balaban J connectivity index is 1.60. The summed E-state index contributed by atoms with van der Waals surface area (Å²) < 4.78 is 36.9. The van der Waals surface area contributed by atoms with Crippen LogP contribution in [0.3, 0.4) is 0 Å². The summed E-state index contributed by atoms with van der Waals surface area (Å²) >= 11 is 0.